The zero-order chi connectivity index (χ0) is 15.9. The molecular formula is C19H16N4S. The number of nitrogens with zero attached hydrogens (tertiary/aromatic N) is 3. The van der Waals surface area contributed by atoms with Gasteiger partial charge in [-0.15, -0.1) is 11.3 Å². The lowest BCUT2D eigenvalue weighted by atomic mass is 9.84. The van der Waals surface area contributed by atoms with Crippen LogP contribution in [0.2, 0.25) is 0 Å². The second-order valence-electron chi connectivity index (χ2n) is 6.13. The van der Waals surface area contributed by atoms with E-state index in [2.05, 4.69) is 62.2 Å². The zero-order valence-corrected chi connectivity index (χ0v) is 13.7. The number of hydrogen-bond donors (Lipinski definition) is 1. The minimum Gasteiger partial charge on any atom is -0.304 e. The fourth-order valence-corrected chi connectivity index (χ4v) is 4.46. The predicted molar refractivity (Wildman–Crippen MR) is 97.9 cm³/mol. The molecule has 5 rings (SSSR count). The Kier molecular flexibility index (Phi) is 3.21. The van der Waals surface area contributed by atoms with Crippen molar-refractivity contribution in [3.05, 3.63) is 77.7 Å². The van der Waals surface area contributed by atoms with E-state index in [0.29, 0.717) is 0 Å². The molecule has 3 atom stereocenters. The van der Waals surface area contributed by atoms with E-state index in [0.717, 1.165) is 0 Å². The van der Waals surface area contributed by atoms with Gasteiger partial charge in [0.2, 0.25) is 0 Å². The highest BCUT2D eigenvalue weighted by atomic mass is 32.1. The van der Waals surface area contributed by atoms with Crippen LogP contribution in [0.15, 0.2) is 71.6 Å². The Labute approximate surface area is 144 Å². The number of rotatable bonds is 2. The third-order valence-corrected chi connectivity index (χ3v) is 5.71. The maximum absolute atomic E-state index is 4.36. The number of nitrogens with one attached hydrogen (secondary N) is 1. The molecule has 1 N–H and O–H groups in total. The van der Waals surface area contributed by atoms with Gasteiger partial charge in [0, 0.05) is 41.6 Å². The molecule has 0 bridgehead atoms. The van der Waals surface area contributed by atoms with Crippen molar-refractivity contribution in [1.29, 1.82) is 0 Å². The summed E-state index contributed by atoms with van der Waals surface area (Å²) in [6.07, 6.45) is 9.61. The molecule has 3 unspecified atom stereocenters. The van der Waals surface area contributed by atoms with Crippen LogP contribution in [0.3, 0.4) is 0 Å². The number of benzene rings is 1. The van der Waals surface area contributed by atoms with Gasteiger partial charge in [0.1, 0.15) is 0 Å². The summed E-state index contributed by atoms with van der Waals surface area (Å²) in [4.78, 5) is 8.54. The molecule has 0 spiro atoms. The molecule has 2 aliphatic rings. The maximum atomic E-state index is 4.36. The maximum Gasteiger partial charge on any atom is 0.0887 e. The van der Waals surface area contributed by atoms with Crippen LogP contribution >= 0.6 is 11.3 Å². The first-order valence-corrected chi connectivity index (χ1v) is 8.90. The molecular weight excluding hydrogens is 316 g/mol. The molecule has 1 aromatic carbocycles. The quantitative estimate of drug-likeness (QED) is 0.774. The Morgan fingerprint density at radius 1 is 1.04 bits per heavy atom. The average molecular weight is 332 g/mol. The highest BCUT2D eigenvalue weighted by Gasteiger charge is 2.42. The number of hydrazine groups is 1. The summed E-state index contributed by atoms with van der Waals surface area (Å²) < 4.78 is 1.33. The second-order valence-corrected chi connectivity index (χ2v) is 7.07. The van der Waals surface area contributed by atoms with Crippen LogP contribution in [0.1, 0.15) is 23.1 Å². The van der Waals surface area contributed by atoms with Crippen molar-refractivity contribution in [2.75, 3.05) is 0 Å². The van der Waals surface area contributed by atoms with E-state index in [1.807, 2.05) is 31.0 Å². The Balaban J connectivity index is 1.62. The smallest absolute Gasteiger partial charge is 0.0887 e. The van der Waals surface area contributed by atoms with Gasteiger partial charge in [-0.2, -0.15) is 0 Å². The SMILES string of the molecule is C1=CN2NC(c3ccc4sccc4c3)C(c3ccncc3)C2C=N1. The van der Waals surface area contributed by atoms with E-state index in [9.17, 15) is 0 Å². The van der Waals surface area contributed by atoms with Gasteiger partial charge in [-0.1, -0.05) is 6.07 Å². The Bertz CT molecular complexity index is 931. The van der Waals surface area contributed by atoms with Crippen molar-refractivity contribution in [1.82, 2.24) is 15.4 Å². The molecule has 2 aliphatic heterocycles. The van der Waals surface area contributed by atoms with Crippen LogP contribution in [-0.4, -0.2) is 22.2 Å². The summed E-state index contributed by atoms with van der Waals surface area (Å²) in [5, 5.41) is 5.62. The summed E-state index contributed by atoms with van der Waals surface area (Å²) in [5.41, 5.74) is 6.24. The first-order chi connectivity index (χ1) is 11.9. The Morgan fingerprint density at radius 2 is 1.96 bits per heavy atom. The third kappa shape index (κ3) is 2.17. The van der Waals surface area contributed by atoms with Gasteiger partial charge in [-0.25, -0.2) is 5.43 Å². The van der Waals surface area contributed by atoms with Crippen LogP contribution in [0.25, 0.3) is 10.1 Å². The predicted octanol–water partition coefficient (Wildman–Crippen LogP) is 3.87. The van der Waals surface area contributed by atoms with Crippen molar-refractivity contribution < 1.29 is 0 Å². The fourth-order valence-electron chi connectivity index (χ4n) is 3.69. The largest absolute Gasteiger partial charge is 0.304 e. The highest BCUT2D eigenvalue weighted by Crippen LogP contribution is 2.42. The molecule has 0 aliphatic carbocycles. The Hall–Kier alpha value is -2.50. The van der Waals surface area contributed by atoms with Gasteiger partial charge in [-0.05, 0) is 52.2 Å². The van der Waals surface area contributed by atoms with E-state index in [1.165, 1.54) is 21.2 Å². The molecule has 1 fully saturated rings. The molecule has 2 aromatic heterocycles. The van der Waals surface area contributed by atoms with Crippen LogP contribution in [-0.2, 0) is 0 Å². The summed E-state index contributed by atoms with van der Waals surface area (Å²) in [6, 6.07) is 13.6. The summed E-state index contributed by atoms with van der Waals surface area (Å²) >= 11 is 1.78. The van der Waals surface area contributed by atoms with Gasteiger partial charge >= 0.3 is 0 Å². The van der Waals surface area contributed by atoms with E-state index >= 15 is 0 Å². The standard InChI is InChI=1S/C19H16N4S/c1-2-17-14(5-10-24-17)11-15(1)19-18(13-3-6-20-7-4-13)16-12-21-8-9-23(16)22-19/h1-12,16,18-19,22H. The lowest BCUT2D eigenvalue weighted by Gasteiger charge is -2.24. The Morgan fingerprint density at radius 3 is 2.88 bits per heavy atom. The summed E-state index contributed by atoms with van der Waals surface area (Å²) in [7, 11) is 0. The van der Waals surface area contributed by atoms with Crippen LogP contribution in [0.5, 0.6) is 0 Å². The molecule has 118 valence electrons. The lowest BCUT2D eigenvalue weighted by Crippen LogP contribution is -2.35. The second kappa shape index (κ2) is 5.54. The van der Waals surface area contributed by atoms with E-state index < -0.39 is 0 Å². The van der Waals surface area contributed by atoms with Crippen molar-refractivity contribution in [2.24, 2.45) is 4.99 Å². The van der Waals surface area contributed by atoms with Gasteiger partial charge < -0.3 is 5.01 Å². The molecule has 0 radical (unpaired) electrons. The summed E-state index contributed by atoms with van der Waals surface area (Å²) in [5.74, 6) is 0.290. The molecule has 3 aromatic rings. The van der Waals surface area contributed by atoms with Gasteiger partial charge in [0.25, 0.3) is 0 Å². The number of aromatic nitrogens is 1. The fraction of sp³-hybridized carbons (Fsp3) is 0.158. The first-order valence-electron chi connectivity index (χ1n) is 8.02. The van der Waals surface area contributed by atoms with E-state index in [-0.39, 0.29) is 18.0 Å². The van der Waals surface area contributed by atoms with Crippen LogP contribution in [0, 0.1) is 0 Å². The minimum atomic E-state index is 0.205. The van der Waals surface area contributed by atoms with Crippen molar-refractivity contribution in [2.45, 2.75) is 18.0 Å². The van der Waals surface area contributed by atoms with E-state index in [1.54, 1.807) is 11.3 Å². The lowest BCUT2D eigenvalue weighted by molar-refractivity contribution is 0.302. The molecule has 4 nitrogen and oxygen atoms in total. The topological polar surface area (TPSA) is 40.5 Å². The minimum absolute atomic E-state index is 0.205. The summed E-state index contributed by atoms with van der Waals surface area (Å²) in [6.45, 7) is 0. The third-order valence-electron chi connectivity index (χ3n) is 4.82. The van der Waals surface area contributed by atoms with Crippen LogP contribution < -0.4 is 5.43 Å². The average Bonchev–Trinajstić information content (AvgIpc) is 3.26. The van der Waals surface area contributed by atoms with Crippen molar-refractivity contribution in [3.8, 4) is 0 Å². The molecule has 1 saturated heterocycles. The monoisotopic (exact) mass is 332 g/mol. The van der Waals surface area contributed by atoms with Gasteiger partial charge in [0.05, 0.1) is 12.1 Å². The molecule has 4 heterocycles. The van der Waals surface area contributed by atoms with Crippen molar-refractivity contribution in [3.63, 3.8) is 0 Å². The number of thiophene rings is 1. The molecule has 24 heavy (non-hydrogen) atoms. The van der Waals surface area contributed by atoms with E-state index in [4.69, 9.17) is 0 Å². The number of hydrogen-bond acceptors (Lipinski definition) is 5. The number of pyridine rings is 1. The number of fused-ring (bicyclic) bond motifs is 2. The van der Waals surface area contributed by atoms with Crippen LogP contribution in [0.4, 0.5) is 0 Å². The molecule has 0 saturated carbocycles. The van der Waals surface area contributed by atoms with Crippen molar-refractivity contribution >= 4 is 27.6 Å². The van der Waals surface area contributed by atoms with Gasteiger partial charge in [-0.3, -0.25) is 9.98 Å². The highest BCUT2D eigenvalue weighted by molar-refractivity contribution is 7.17. The first kappa shape index (κ1) is 13.9. The molecule has 0 amide bonds. The van der Waals surface area contributed by atoms with Gasteiger partial charge in [0.15, 0.2) is 0 Å². The normalized spacial score (nSPS) is 25.3. The molecule has 5 heteroatoms. The number of aliphatic imine (C=N–C) groups is 1. The zero-order valence-electron chi connectivity index (χ0n) is 12.9.